The average molecular weight is 176 g/mol. The molecule has 4 nitrogen and oxygen atoms in total. The van der Waals surface area contributed by atoms with Crippen molar-refractivity contribution >= 4 is 5.97 Å². The van der Waals surface area contributed by atoms with Crippen molar-refractivity contribution in [2.75, 3.05) is 19.8 Å². The largest absolute Gasteiger partial charge is 0.463 e. The van der Waals surface area contributed by atoms with Gasteiger partial charge in [0.2, 0.25) is 0 Å². The summed E-state index contributed by atoms with van der Waals surface area (Å²) in [5, 5.41) is 0. The second-order valence-corrected chi connectivity index (χ2v) is 2.23. The zero-order valence-corrected chi connectivity index (χ0v) is 7.83. The van der Waals surface area contributed by atoms with Crippen LogP contribution in [0.15, 0.2) is 0 Å². The van der Waals surface area contributed by atoms with Crippen molar-refractivity contribution in [3.8, 4) is 0 Å². The topological polar surface area (TPSA) is 44.8 Å². The maximum absolute atomic E-state index is 10.3. The first-order valence-electron chi connectivity index (χ1n) is 4.03. The predicted octanol–water partition coefficient (Wildman–Crippen LogP) is 0.949. The molecule has 0 saturated heterocycles. The van der Waals surface area contributed by atoms with E-state index in [1.165, 1.54) is 6.92 Å². The Kier molecular flexibility index (Phi) is 6.70. The molecule has 1 unspecified atom stereocenters. The minimum atomic E-state index is -0.289. The highest BCUT2D eigenvalue weighted by Crippen LogP contribution is 1.92. The van der Waals surface area contributed by atoms with E-state index in [1.807, 2.05) is 6.92 Å². The van der Waals surface area contributed by atoms with Crippen LogP contribution < -0.4 is 0 Å². The third kappa shape index (κ3) is 7.50. The fourth-order valence-electron chi connectivity index (χ4n) is 0.682. The molecular weight excluding hydrogens is 160 g/mol. The Morgan fingerprint density at radius 2 is 2.00 bits per heavy atom. The van der Waals surface area contributed by atoms with E-state index in [-0.39, 0.29) is 18.9 Å². The first-order chi connectivity index (χ1) is 5.66. The minimum absolute atomic E-state index is 0.231. The van der Waals surface area contributed by atoms with Crippen molar-refractivity contribution in [3.05, 3.63) is 0 Å². The number of carbonyl (C=O) groups excluding carboxylic acids is 1. The SMILES string of the molecule is CCOC(C)OCCOC(C)=O. The molecule has 0 saturated carbocycles. The number of esters is 1. The molecule has 72 valence electrons. The predicted molar refractivity (Wildman–Crippen MR) is 43.7 cm³/mol. The van der Waals surface area contributed by atoms with Gasteiger partial charge in [0.15, 0.2) is 6.29 Å². The van der Waals surface area contributed by atoms with Crippen LogP contribution in [0.2, 0.25) is 0 Å². The summed E-state index contributed by atoms with van der Waals surface area (Å²) in [4.78, 5) is 10.3. The van der Waals surface area contributed by atoms with E-state index >= 15 is 0 Å². The minimum Gasteiger partial charge on any atom is -0.463 e. The van der Waals surface area contributed by atoms with Crippen molar-refractivity contribution in [2.45, 2.75) is 27.1 Å². The highest BCUT2D eigenvalue weighted by molar-refractivity contribution is 5.65. The van der Waals surface area contributed by atoms with E-state index in [4.69, 9.17) is 9.47 Å². The van der Waals surface area contributed by atoms with Crippen LogP contribution >= 0.6 is 0 Å². The van der Waals surface area contributed by atoms with Crippen LogP contribution in [0.4, 0.5) is 0 Å². The Morgan fingerprint density at radius 1 is 1.33 bits per heavy atom. The Balaban J connectivity index is 3.13. The maximum Gasteiger partial charge on any atom is 0.302 e. The van der Waals surface area contributed by atoms with Crippen LogP contribution in [0.25, 0.3) is 0 Å². The molecule has 12 heavy (non-hydrogen) atoms. The van der Waals surface area contributed by atoms with Crippen molar-refractivity contribution in [2.24, 2.45) is 0 Å². The molecule has 4 heteroatoms. The van der Waals surface area contributed by atoms with Gasteiger partial charge in [-0.1, -0.05) is 0 Å². The van der Waals surface area contributed by atoms with E-state index in [1.54, 1.807) is 6.92 Å². The molecule has 0 rings (SSSR count). The lowest BCUT2D eigenvalue weighted by Gasteiger charge is -2.12. The molecule has 1 atom stereocenters. The summed E-state index contributed by atoms with van der Waals surface area (Å²) in [6.07, 6.45) is -0.231. The Hall–Kier alpha value is -0.610. The molecule has 0 aromatic rings. The van der Waals surface area contributed by atoms with Gasteiger partial charge in [-0.05, 0) is 13.8 Å². The average Bonchev–Trinajstić information content (AvgIpc) is 1.98. The summed E-state index contributed by atoms with van der Waals surface area (Å²) in [5.74, 6) is -0.289. The fraction of sp³-hybridized carbons (Fsp3) is 0.875. The van der Waals surface area contributed by atoms with Crippen molar-refractivity contribution < 1.29 is 19.0 Å². The zero-order chi connectivity index (χ0) is 9.40. The monoisotopic (exact) mass is 176 g/mol. The summed E-state index contributed by atoms with van der Waals surface area (Å²) in [7, 11) is 0. The smallest absolute Gasteiger partial charge is 0.302 e. The molecule has 0 N–H and O–H groups in total. The summed E-state index contributed by atoms with van der Waals surface area (Å²) in [6, 6.07) is 0. The lowest BCUT2D eigenvalue weighted by atomic mass is 10.7. The van der Waals surface area contributed by atoms with Gasteiger partial charge >= 0.3 is 5.97 Å². The molecule has 0 fully saturated rings. The van der Waals surface area contributed by atoms with Crippen molar-refractivity contribution in [1.29, 1.82) is 0 Å². The van der Waals surface area contributed by atoms with E-state index in [2.05, 4.69) is 4.74 Å². The molecule has 0 amide bonds. The highest BCUT2D eigenvalue weighted by Gasteiger charge is 1.99. The van der Waals surface area contributed by atoms with E-state index in [0.717, 1.165) is 0 Å². The van der Waals surface area contributed by atoms with Gasteiger partial charge < -0.3 is 14.2 Å². The number of carbonyl (C=O) groups is 1. The van der Waals surface area contributed by atoms with Crippen LogP contribution in [0.5, 0.6) is 0 Å². The number of hydrogen-bond donors (Lipinski definition) is 0. The Bertz CT molecular complexity index is 124. The third-order valence-corrected chi connectivity index (χ3v) is 1.14. The second-order valence-electron chi connectivity index (χ2n) is 2.23. The first kappa shape index (κ1) is 11.4. The first-order valence-corrected chi connectivity index (χ1v) is 4.03. The Morgan fingerprint density at radius 3 is 2.50 bits per heavy atom. The number of rotatable bonds is 6. The van der Waals surface area contributed by atoms with Gasteiger partial charge in [0.25, 0.3) is 0 Å². The summed E-state index contributed by atoms with van der Waals surface area (Å²) in [5.41, 5.74) is 0. The molecule has 0 aliphatic heterocycles. The van der Waals surface area contributed by atoms with Gasteiger partial charge in [-0.3, -0.25) is 4.79 Å². The van der Waals surface area contributed by atoms with E-state index in [9.17, 15) is 4.79 Å². The molecule has 0 bridgehead atoms. The van der Waals surface area contributed by atoms with Crippen LogP contribution in [-0.4, -0.2) is 32.1 Å². The summed E-state index contributed by atoms with van der Waals surface area (Å²) < 4.78 is 14.9. The zero-order valence-electron chi connectivity index (χ0n) is 7.83. The van der Waals surface area contributed by atoms with Gasteiger partial charge in [0, 0.05) is 13.5 Å². The molecular formula is C8H16O4. The lowest BCUT2D eigenvalue weighted by molar-refractivity contribution is -0.153. The number of ether oxygens (including phenoxy) is 3. The van der Waals surface area contributed by atoms with Gasteiger partial charge in [-0.25, -0.2) is 0 Å². The normalized spacial score (nSPS) is 12.6. The molecule has 0 aliphatic rings. The third-order valence-electron chi connectivity index (χ3n) is 1.14. The lowest BCUT2D eigenvalue weighted by Crippen LogP contribution is -2.16. The molecule has 0 aromatic heterocycles. The van der Waals surface area contributed by atoms with E-state index in [0.29, 0.717) is 13.2 Å². The van der Waals surface area contributed by atoms with Gasteiger partial charge in [-0.2, -0.15) is 0 Å². The molecule has 0 spiro atoms. The number of hydrogen-bond acceptors (Lipinski definition) is 4. The van der Waals surface area contributed by atoms with Gasteiger partial charge in [0.1, 0.15) is 6.61 Å². The van der Waals surface area contributed by atoms with E-state index < -0.39 is 0 Å². The fourth-order valence-corrected chi connectivity index (χ4v) is 0.682. The van der Waals surface area contributed by atoms with Gasteiger partial charge in [-0.15, -0.1) is 0 Å². The van der Waals surface area contributed by atoms with Crippen LogP contribution in [0.3, 0.4) is 0 Å². The maximum atomic E-state index is 10.3. The highest BCUT2D eigenvalue weighted by atomic mass is 16.7. The van der Waals surface area contributed by atoms with Gasteiger partial charge in [0.05, 0.1) is 6.61 Å². The molecule has 0 radical (unpaired) electrons. The van der Waals surface area contributed by atoms with Crippen LogP contribution in [-0.2, 0) is 19.0 Å². The van der Waals surface area contributed by atoms with Crippen molar-refractivity contribution in [1.82, 2.24) is 0 Å². The standard InChI is InChI=1S/C8H16O4/c1-4-10-8(3)12-6-5-11-7(2)9/h8H,4-6H2,1-3H3. The van der Waals surface area contributed by atoms with Crippen molar-refractivity contribution in [3.63, 3.8) is 0 Å². The van der Waals surface area contributed by atoms with Crippen LogP contribution in [0, 0.1) is 0 Å². The summed E-state index contributed by atoms with van der Waals surface area (Å²) in [6.45, 7) is 6.34. The summed E-state index contributed by atoms with van der Waals surface area (Å²) >= 11 is 0. The molecule has 0 aromatic carbocycles. The van der Waals surface area contributed by atoms with Crippen LogP contribution in [0.1, 0.15) is 20.8 Å². The molecule has 0 heterocycles. The second kappa shape index (κ2) is 7.06. The Labute approximate surface area is 72.8 Å². The quantitative estimate of drug-likeness (QED) is 0.343. The molecule has 0 aliphatic carbocycles.